The SMILES string of the molecule is Cc1nsc(SCc2ccc([N+](=O)[O-])c(N)c2)n1. The number of nitrogens with zero attached hydrogens (tertiary/aromatic N) is 3. The molecule has 1 heterocycles. The van der Waals surface area contributed by atoms with Gasteiger partial charge in [-0.25, -0.2) is 4.98 Å². The fraction of sp³-hybridized carbons (Fsp3) is 0.200. The Morgan fingerprint density at radius 2 is 2.33 bits per heavy atom. The van der Waals surface area contributed by atoms with Gasteiger partial charge in [-0.1, -0.05) is 17.8 Å². The highest BCUT2D eigenvalue weighted by Crippen LogP contribution is 2.28. The van der Waals surface area contributed by atoms with E-state index in [2.05, 4.69) is 9.36 Å². The molecule has 0 bridgehead atoms. The first-order valence-corrected chi connectivity index (χ1v) is 6.78. The lowest BCUT2D eigenvalue weighted by molar-refractivity contribution is -0.383. The minimum atomic E-state index is -0.486. The van der Waals surface area contributed by atoms with Crippen molar-refractivity contribution >= 4 is 34.7 Å². The summed E-state index contributed by atoms with van der Waals surface area (Å²) in [6.45, 7) is 1.84. The Labute approximate surface area is 112 Å². The number of anilines is 1. The summed E-state index contributed by atoms with van der Waals surface area (Å²) in [6, 6.07) is 4.75. The number of thioether (sulfide) groups is 1. The molecule has 0 saturated heterocycles. The van der Waals surface area contributed by atoms with Crippen LogP contribution in [0.5, 0.6) is 0 Å². The number of benzene rings is 1. The third-order valence-corrected chi connectivity index (χ3v) is 4.16. The van der Waals surface area contributed by atoms with E-state index in [1.807, 2.05) is 6.92 Å². The zero-order valence-electron chi connectivity index (χ0n) is 9.49. The molecule has 0 fully saturated rings. The average Bonchev–Trinajstić information content (AvgIpc) is 2.72. The maximum Gasteiger partial charge on any atom is 0.292 e. The maximum absolute atomic E-state index is 10.6. The zero-order valence-corrected chi connectivity index (χ0v) is 11.1. The highest BCUT2D eigenvalue weighted by atomic mass is 32.2. The van der Waals surface area contributed by atoms with Crippen LogP contribution in [0.25, 0.3) is 0 Å². The molecule has 8 heteroatoms. The summed E-state index contributed by atoms with van der Waals surface area (Å²) >= 11 is 2.88. The topological polar surface area (TPSA) is 94.9 Å². The second-order valence-corrected chi connectivity index (χ2v) is 5.52. The first-order valence-electron chi connectivity index (χ1n) is 5.02. The van der Waals surface area contributed by atoms with Crippen molar-refractivity contribution in [3.63, 3.8) is 0 Å². The van der Waals surface area contributed by atoms with E-state index >= 15 is 0 Å². The predicted molar refractivity (Wildman–Crippen MR) is 71.7 cm³/mol. The third-order valence-electron chi connectivity index (χ3n) is 2.16. The van der Waals surface area contributed by atoms with Crippen molar-refractivity contribution in [2.24, 2.45) is 0 Å². The molecule has 0 aliphatic heterocycles. The third kappa shape index (κ3) is 2.96. The van der Waals surface area contributed by atoms with Crippen LogP contribution in [0.15, 0.2) is 22.5 Å². The number of nitrogens with two attached hydrogens (primary N) is 1. The van der Waals surface area contributed by atoms with Crippen molar-refractivity contribution in [2.75, 3.05) is 5.73 Å². The highest BCUT2D eigenvalue weighted by Gasteiger charge is 2.11. The van der Waals surface area contributed by atoms with Crippen LogP contribution in [0.1, 0.15) is 11.4 Å². The van der Waals surface area contributed by atoms with Gasteiger partial charge in [-0.15, -0.1) is 0 Å². The average molecular weight is 282 g/mol. The summed E-state index contributed by atoms with van der Waals surface area (Å²) in [6.07, 6.45) is 0. The number of rotatable bonds is 4. The van der Waals surface area contributed by atoms with E-state index in [9.17, 15) is 10.1 Å². The van der Waals surface area contributed by atoms with Gasteiger partial charge in [0.25, 0.3) is 5.69 Å². The van der Waals surface area contributed by atoms with Crippen LogP contribution in [-0.4, -0.2) is 14.3 Å². The molecule has 0 radical (unpaired) electrons. The Bertz CT molecular complexity index is 585. The molecule has 1 aromatic carbocycles. The van der Waals surface area contributed by atoms with Crippen molar-refractivity contribution in [3.05, 3.63) is 39.7 Å². The van der Waals surface area contributed by atoms with E-state index in [-0.39, 0.29) is 11.4 Å². The Morgan fingerprint density at radius 3 is 2.89 bits per heavy atom. The number of nitro groups is 1. The molecule has 2 aromatic rings. The summed E-state index contributed by atoms with van der Waals surface area (Å²) < 4.78 is 4.96. The minimum absolute atomic E-state index is 0.0597. The fourth-order valence-electron chi connectivity index (χ4n) is 1.34. The number of aryl methyl sites for hydroxylation is 1. The molecule has 0 atom stereocenters. The van der Waals surface area contributed by atoms with Crippen LogP contribution >= 0.6 is 23.3 Å². The predicted octanol–water partition coefficient (Wildman–Crippen LogP) is 2.63. The summed E-state index contributed by atoms with van der Waals surface area (Å²) in [4.78, 5) is 14.4. The van der Waals surface area contributed by atoms with E-state index in [0.717, 1.165) is 15.7 Å². The second kappa shape index (κ2) is 5.32. The van der Waals surface area contributed by atoms with Gasteiger partial charge in [0.2, 0.25) is 0 Å². The molecule has 0 aliphatic carbocycles. The molecule has 0 aliphatic rings. The van der Waals surface area contributed by atoms with Gasteiger partial charge in [-0.05, 0) is 30.1 Å². The molecule has 94 valence electrons. The van der Waals surface area contributed by atoms with Crippen molar-refractivity contribution in [2.45, 2.75) is 17.0 Å². The van der Waals surface area contributed by atoms with Gasteiger partial charge < -0.3 is 5.73 Å². The highest BCUT2D eigenvalue weighted by molar-refractivity contribution is 8.00. The number of hydrogen-bond acceptors (Lipinski definition) is 7. The number of nitro benzene ring substituents is 1. The second-order valence-electron chi connectivity index (χ2n) is 3.55. The normalized spacial score (nSPS) is 10.5. The number of nitrogen functional groups attached to an aromatic ring is 1. The molecule has 1 aromatic heterocycles. The van der Waals surface area contributed by atoms with E-state index in [0.29, 0.717) is 5.75 Å². The Hall–Kier alpha value is -1.67. The number of hydrogen-bond donors (Lipinski definition) is 1. The van der Waals surface area contributed by atoms with E-state index in [4.69, 9.17) is 5.73 Å². The van der Waals surface area contributed by atoms with Gasteiger partial charge >= 0.3 is 0 Å². The van der Waals surface area contributed by atoms with Gasteiger partial charge in [-0.3, -0.25) is 10.1 Å². The first kappa shape index (κ1) is 12.8. The Kier molecular flexibility index (Phi) is 3.78. The van der Waals surface area contributed by atoms with Crippen molar-refractivity contribution < 1.29 is 4.92 Å². The molecule has 2 rings (SSSR count). The molecular formula is C10H10N4O2S2. The van der Waals surface area contributed by atoms with Crippen LogP contribution in [0.3, 0.4) is 0 Å². The van der Waals surface area contributed by atoms with Crippen LogP contribution < -0.4 is 5.73 Å². The lowest BCUT2D eigenvalue weighted by Gasteiger charge is -2.01. The summed E-state index contributed by atoms with van der Waals surface area (Å²) in [7, 11) is 0. The van der Waals surface area contributed by atoms with Crippen molar-refractivity contribution in [1.29, 1.82) is 0 Å². The summed E-state index contributed by atoms with van der Waals surface area (Å²) in [5.41, 5.74) is 6.67. The lowest BCUT2D eigenvalue weighted by Crippen LogP contribution is -1.96. The van der Waals surface area contributed by atoms with Crippen LogP contribution in [-0.2, 0) is 5.75 Å². The molecule has 6 nitrogen and oxygen atoms in total. The summed E-state index contributed by atoms with van der Waals surface area (Å²) in [5.74, 6) is 1.42. The summed E-state index contributed by atoms with van der Waals surface area (Å²) in [5, 5.41) is 10.6. The van der Waals surface area contributed by atoms with E-state index < -0.39 is 4.92 Å². The first-order chi connectivity index (χ1) is 8.56. The van der Waals surface area contributed by atoms with Gasteiger partial charge in [0, 0.05) is 11.8 Å². The monoisotopic (exact) mass is 282 g/mol. The number of aromatic nitrogens is 2. The smallest absolute Gasteiger partial charge is 0.292 e. The van der Waals surface area contributed by atoms with Gasteiger partial charge in [-0.2, -0.15) is 4.37 Å². The van der Waals surface area contributed by atoms with Crippen molar-refractivity contribution in [3.8, 4) is 0 Å². The molecule has 0 amide bonds. The van der Waals surface area contributed by atoms with E-state index in [1.54, 1.807) is 12.1 Å². The zero-order chi connectivity index (χ0) is 13.1. The van der Waals surface area contributed by atoms with Crippen molar-refractivity contribution in [1.82, 2.24) is 9.36 Å². The lowest BCUT2D eigenvalue weighted by atomic mass is 10.2. The minimum Gasteiger partial charge on any atom is -0.393 e. The molecule has 2 N–H and O–H groups in total. The maximum atomic E-state index is 10.6. The van der Waals surface area contributed by atoms with Gasteiger partial charge in [0.05, 0.1) is 4.92 Å². The molecule has 18 heavy (non-hydrogen) atoms. The van der Waals surface area contributed by atoms with E-state index in [1.165, 1.54) is 29.4 Å². The van der Waals surface area contributed by atoms with Gasteiger partial charge in [0.15, 0.2) is 4.34 Å². The van der Waals surface area contributed by atoms with Crippen LogP contribution in [0, 0.1) is 17.0 Å². The van der Waals surface area contributed by atoms with Gasteiger partial charge in [0.1, 0.15) is 11.5 Å². The van der Waals surface area contributed by atoms with Crippen LogP contribution in [0.2, 0.25) is 0 Å². The standard InChI is InChI=1S/C10H10N4O2S2/c1-6-12-10(18-13-6)17-5-7-2-3-9(14(15)16)8(11)4-7/h2-4H,5,11H2,1H3. The molecule has 0 saturated carbocycles. The fourth-order valence-corrected chi connectivity index (χ4v) is 2.93. The molecular weight excluding hydrogens is 272 g/mol. The van der Waals surface area contributed by atoms with Crippen LogP contribution in [0.4, 0.5) is 11.4 Å². The largest absolute Gasteiger partial charge is 0.393 e. The molecule has 0 spiro atoms. The quantitative estimate of drug-likeness (QED) is 0.401. The molecule has 0 unspecified atom stereocenters. The Balaban J connectivity index is 2.06. The Morgan fingerprint density at radius 1 is 1.56 bits per heavy atom.